The minimum atomic E-state index is -4.78. The molecule has 1 amide bonds. The number of ether oxygens (including phenoxy) is 1. The van der Waals surface area contributed by atoms with Gasteiger partial charge in [-0.1, -0.05) is 12.1 Å². The fourth-order valence-corrected chi connectivity index (χ4v) is 5.69. The first-order valence-electron chi connectivity index (χ1n) is 10.9. The van der Waals surface area contributed by atoms with Crippen LogP contribution in [0.25, 0.3) is 11.4 Å². The van der Waals surface area contributed by atoms with Crippen LogP contribution in [0.15, 0.2) is 24.3 Å². The second kappa shape index (κ2) is 9.79. The SMILES string of the molecule is Cn1c(-c2cccc(OC(F)(F)F)c2)nc(I)c1C(=O)N1CCC(N2CCC[C@H]2CO)CC1. The first-order valence-corrected chi connectivity index (χ1v) is 12.0. The maximum absolute atomic E-state index is 13.3. The van der Waals surface area contributed by atoms with E-state index < -0.39 is 6.36 Å². The molecule has 2 fully saturated rings. The Labute approximate surface area is 203 Å². The highest BCUT2D eigenvalue weighted by molar-refractivity contribution is 14.1. The zero-order valence-corrected chi connectivity index (χ0v) is 20.3. The van der Waals surface area contributed by atoms with Crippen molar-refractivity contribution in [2.24, 2.45) is 7.05 Å². The molecule has 1 atom stereocenters. The first kappa shape index (κ1) is 24.3. The van der Waals surface area contributed by atoms with Crippen molar-refractivity contribution in [1.29, 1.82) is 0 Å². The molecule has 2 saturated heterocycles. The Kier molecular flexibility index (Phi) is 7.20. The van der Waals surface area contributed by atoms with Crippen molar-refractivity contribution in [3.63, 3.8) is 0 Å². The van der Waals surface area contributed by atoms with E-state index in [-0.39, 0.29) is 24.3 Å². The number of hydrogen-bond donors (Lipinski definition) is 1. The second-order valence-electron chi connectivity index (χ2n) is 8.45. The molecule has 0 radical (unpaired) electrons. The normalized spacial score (nSPS) is 20.4. The standard InChI is InChI=1S/C22H26F3IN4O3/c1-28-18(19(26)27-20(28)14-4-2-6-17(12-14)33-22(23,24)25)21(32)29-10-7-15(8-11-29)30-9-3-5-16(30)13-31/h2,4,6,12,15-16,31H,3,5,7-11,13H2,1H3/t16-/m0/s1. The van der Waals surface area contributed by atoms with Crippen molar-refractivity contribution < 1.29 is 27.8 Å². The minimum absolute atomic E-state index is 0.137. The maximum Gasteiger partial charge on any atom is 0.573 e. The number of aliphatic hydroxyl groups is 1. The van der Waals surface area contributed by atoms with Crippen LogP contribution in [-0.4, -0.2) is 75.1 Å². The van der Waals surface area contributed by atoms with Gasteiger partial charge in [-0.25, -0.2) is 4.98 Å². The van der Waals surface area contributed by atoms with E-state index in [1.807, 2.05) is 27.5 Å². The van der Waals surface area contributed by atoms with E-state index in [0.29, 0.717) is 39.9 Å². The van der Waals surface area contributed by atoms with Crippen LogP contribution < -0.4 is 4.74 Å². The number of imidazole rings is 1. The quantitative estimate of drug-likeness (QED) is 0.549. The molecule has 2 aliphatic rings. The van der Waals surface area contributed by atoms with Crippen molar-refractivity contribution >= 4 is 28.5 Å². The Balaban J connectivity index is 1.48. The molecular formula is C22H26F3IN4O3. The van der Waals surface area contributed by atoms with E-state index in [2.05, 4.69) is 14.6 Å². The monoisotopic (exact) mass is 578 g/mol. The van der Waals surface area contributed by atoms with Crippen LogP contribution in [0.2, 0.25) is 0 Å². The number of nitrogens with zero attached hydrogens (tertiary/aromatic N) is 4. The highest BCUT2D eigenvalue weighted by Gasteiger charge is 2.35. The van der Waals surface area contributed by atoms with E-state index in [1.54, 1.807) is 17.7 Å². The predicted molar refractivity (Wildman–Crippen MR) is 124 cm³/mol. The van der Waals surface area contributed by atoms with E-state index in [9.17, 15) is 23.1 Å². The third kappa shape index (κ3) is 5.29. The summed E-state index contributed by atoms with van der Waals surface area (Å²) >= 11 is 1.99. The van der Waals surface area contributed by atoms with Gasteiger partial charge in [0, 0.05) is 37.8 Å². The van der Waals surface area contributed by atoms with Crippen LogP contribution in [0, 0.1) is 3.70 Å². The summed E-state index contributed by atoms with van der Waals surface area (Å²) in [5.41, 5.74) is 0.847. The van der Waals surface area contributed by atoms with Gasteiger partial charge in [0.1, 0.15) is 21.0 Å². The van der Waals surface area contributed by atoms with E-state index >= 15 is 0 Å². The lowest BCUT2D eigenvalue weighted by molar-refractivity contribution is -0.274. The zero-order chi connectivity index (χ0) is 23.8. The number of benzene rings is 1. The lowest BCUT2D eigenvalue weighted by Crippen LogP contribution is -2.49. The number of hydrogen-bond acceptors (Lipinski definition) is 5. The van der Waals surface area contributed by atoms with E-state index in [1.165, 1.54) is 18.2 Å². The van der Waals surface area contributed by atoms with Crippen LogP contribution >= 0.6 is 22.6 Å². The molecule has 4 rings (SSSR count). The number of amides is 1. The molecule has 2 aliphatic heterocycles. The summed E-state index contributed by atoms with van der Waals surface area (Å²) < 4.78 is 43.9. The molecule has 33 heavy (non-hydrogen) atoms. The molecule has 3 heterocycles. The van der Waals surface area contributed by atoms with E-state index in [0.717, 1.165) is 32.2 Å². The lowest BCUT2D eigenvalue weighted by Gasteiger charge is -2.39. The van der Waals surface area contributed by atoms with Gasteiger partial charge < -0.3 is 19.3 Å². The van der Waals surface area contributed by atoms with Gasteiger partial charge in [-0.05, 0) is 67.0 Å². The summed E-state index contributed by atoms with van der Waals surface area (Å²) in [5.74, 6) is -0.0777. The summed E-state index contributed by atoms with van der Waals surface area (Å²) in [6.07, 6.45) is -0.981. The summed E-state index contributed by atoms with van der Waals surface area (Å²) in [6, 6.07) is 6.17. The van der Waals surface area contributed by atoms with Gasteiger partial charge in [0.25, 0.3) is 5.91 Å². The van der Waals surface area contributed by atoms with Gasteiger partial charge >= 0.3 is 6.36 Å². The molecule has 1 aromatic carbocycles. The number of aromatic nitrogens is 2. The molecule has 11 heteroatoms. The Bertz CT molecular complexity index is 1010. The maximum atomic E-state index is 13.3. The molecule has 2 aromatic rings. The average molecular weight is 578 g/mol. The van der Waals surface area contributed by atoms with Gasteiger partial charge in [-0.3, -0.25) is 9.69 Å². The average Bonchev–Trinajstić information content (AvgIpc) is 3.36. The van der Waals surface area contributed by atoms with Crippen LogP contribution in [0.4, 0.5) is 13.2 Å². The number of piperidine rings is 1. The van der Waals surface area contributed by atoms with Gasteiger partial charge in [-0.15, -0.1) is 13.2 Å². The lowest BCUT2D eigenvalue weighted by atomic mass is 10.0. The number of likely N-dealkylation sites (tertiary alicyclic amines) is 2. The number of carbonyl (C=O) groups excluding carboxylic acids is 1. The van der Waals surface area contributed by atoms with Gasteiger partial charge in [-0.2, -0.15) is 0 Å². The molecule has 0 saturated carbocycles. The van der Waals surface area contributed by atoms with E-state index in [4.69, 9.17) is 0 Å². The summed E-state index contributed by atoms with van der Waals surface area (Å²) in [6.45, 7) is 2.39. The Morgan fingerprint density at radius 1 is 1.24 bits per heavy atom. The zero-order valence-electron chi connectivity index (χ0n) is 18.2. The van der Waals surface area contributed by atoms with Crippen molar-refractivity contribution in [3.8, 4) is 17.1 Å². The number of rotatable bonds is 5. The highest BCUT2D eigenvalue weighted by Crippen LogP contribution is 2.30. The summed E-state index contributed by atoms with van der Waals surface area (Å²) in [5, 5.41) is 9.61. The molecule has 1 N–H and O–H groups in total. The predicted octanol–water partition coefficient (Wildman–Crippen LogP) is 3.65. The van der Waals surface area contributed by atoms with Crippen LogP contribution in [0.1, 0.15) is 36.2 Å². The molecule has 1 aromatic heterocycles. The minimum Gasteiger partial charge on any atom is -0.406 e. The molecular weight excluding hydrogens is 552 g/mol. The van der Waals surface area contributed by atoms with Crippen molar-refractivity contribution in [2.45, 2.75) is 44.1 Å². The Morgan fingerprint density at radius 3 is 2.64 bits per heavy atom. The van der Waals surface area contributed by atoms with Crippen molar-refractivity contribution in [3.05, 3.63) is 33.7 Å². The Hall–Kier alpha value is -1.86. The fraction of sp³-hybridized carbons (Fsp3) is 0.545. The third-order valence-corrected chi connectivity index (χ3v) is 7.19. The number of aliphatic hydroxyl groups excluding tert-OH is 1. The van der Waals surface area contributed by atoms with Gasteiger partial charge in [0.05, 0.1) is 6.61 Å². The fourth-order valence-electron chi connectivity index (χ4n) is 4.87. The number of alkyl halides is 3. The smallest absolute Gasteiger partial charge is 0.406 e. The number of halogens is 4. The molecule has 0 bridgehead atoms. The van der Waals surface area contributed by atoms with Crippen LogP contribution in [0.3, 0.4) is 0 Å². The highest BCUT2D eigenvalue weighted by atomic mass is 127. The molecule has 0 aliphatic carbocycles. The largest absolute Gasteiger partial charge is 0.573 e. The Morgan fingerprint density at radius 2 is 1.97 bits per heavy atom. The van der Waals surface area contributed by atoms with Crippen molar-refractivity contribution in [2.75, 3.05) is 26.2 Å². The van der Waals surface area contributed by atoms with Crippen molar-refractivity contribution in [1.82, 2.24) is 19.4 Å². The van der Waals surface area contributed by atoms with Crippen LogP contribution in [0.5, 0.6) is 5.75 Å². The van der Waals surface area contributed by atoms with Crippen LogP contribution in [-0.2, 0) is 7.05 Å². The molecule has 180 valence electrons. The molecule has 0 unspecified atom stereocenters. The third-order valence-electron chi connectivity index (χ3n) is 6.44. The summed E-state index contributed by atoms with van der Waals surface area (Å²) in [7, 11) is 1.69. The molecule has 7 nitrogen and oxygen atoms in total. The van der Waals surface area contributed by atoms with Gasteiger partial charge in [0.2, 0.25) is 0 Å². The topological polar surface area (TPSA) is 70.8 Å². The second-order valence-corrected chi connectivity index (χ2v) is 9.47. The number of carbonyl (C=O) groups is 1. The van der Waals surface area contributed by atoms with Gasteiger partial charge in [0.15, 0.2) is 0 Å². The molecule has 0 spiro atoms. The summed E-state index contributed by atoms with van der Waals surface area (Å²) in [4.78, 5) is 22.0. The first-order chi connectivity index (χ1) is 15.7.